The largest absolute Gasteiger partial charge is 0.462 e. The molecule has 0 heterocycles. The Labute approximate surface area is 272 Å². The van der Waals surface area contributed by atoms with E-state index < -0.39 is 6.10 Å². The SMILES string of the molecule is CCCCCCCCCCCCCC(=O)OCC(COC(=O)CCCCCCCC)OC(=O)CCCCCCCCCCC. The summed E-state index contributed by atoms with van der Waals surface area (Å²) in [5.74, 6) is -0.876. The Morgan fingerprint density at radius 1 is 0.364 bits per heavy atom. The third-order valence-corrected chi connectivity index (χ3v) is 8.36. The van der Waals surface area contributed by atoms with Crippen LogP contribution in [0.1, 0.15) is 207 Å². The second kappa shape index (κ2) is 34.3. The molecule has 0 rings (SSSR count). The van der Waals surface area contributed by atoms with Crippen molar-refractivity contribution in [1.82, 2.24) is 0 Å². The first kappa shape index (κ1) is 42.4. The second-order valence-corrected chi connectivity index (χ2v) is 12.9. The summed E-state index contributed by atoms with van der Waals surface area (Å²) in [6, 6.07) is 0. The molecule has 0 aliphatic carbocycles. The van der Waals surface area contributed by atoms with Gasteiger partial charge in [0.15, 0.2) is 6.10 Å². The summed E-state index contributed by atoms with van der Waals surface area (Å²) in [5, 5.41) is 0. The number of carbonyl (C=O) groups excluding carboxylic acids is 3. The third kappa shape index (κ3) is 31.8. The van der Waals surface area contributed by atoms with Gasteiger partial charge >= 0.3 is 17.9 Å². The zero-order valence-corrected chi connectivity index (χ0v) is 29.4. The van der Waals surface area contributed by atoms with Crippen LogP contribution < -0.4 is 0 Å². The molecular weight excluding hydrogens is 552 g/mol. The van der Waals surface area contributed by atoms with Crippen molar-refractivity contribution in [3.63, 3.8) is 0 Å². The first-order valence-corrected chi connectivity index (χ1v) is 19.0. The van der Waals surface area contributed by atoms with E-state index in [1.807, 2.05) is 0 Å². The molecule has 6 nitrogen and oxygen atoms in total. The van der Waals surface area contributed by atoms with Gasteiger partial charge < -0.3 is 14.2 Å². The van der Waals surface area contributed by atoms with E-state index in [1.54, 1.807) is 0 Å². The number of ether oxygens (including phenoxy) is 3. The predicted octanol–water partition coefficient (Wildman–Crippen LogP) is 11.4. The number of carbonyl (C=O) groups is 3. The first-order chi connectivity index (χ1) is 21.5. The summed E-state index contributed by atoms with van der Waals surface area (Å²) in [7, 11) is 0. The van der Waals surface area contributed by atoms with Crippen LogP contribution >= 0.6 is 0 Å². The molecular formula is C38H72O6. The predicted molar refractivity (Wildman–Crippen MR) is 183 cm³/mol. The van der Waals surface area contributed by atoms with Crippen LogP contribution in [0.15, 0.2) is 0 Å². The molecule has 0 spiro atoms. The fourth-order valence-electron chi connectivity index (χ4n) is 5.44. The van der Waals surface area contributed by atoms with Crippen LogP contribution in [0.4, 0.5) is 0 Å². The van der Waals surface area contributed by atoms with E-state index in [-0.39, 0.29) is 31.1 Å². The Morgan fingerprint density at radius 2 is 0.614 bits per heavy atom. The van der Waals surface area contributed by atoms with Crippen LogP contribution in [-0.4, -0.2) is 37.2 Å². The van der Waals surface area contributed by atoms with Crippen molar-refractivity contribution in [2.24, 2.45) is 0 Å². The molecule has 1 atom stereocenters. The summed E-state index contributed by atoms with van der Waals surface area (Å²) in [6.07, 6.45) is 31.0. The van der Waals surface area contributed by atoms with E-state index in [2.05, 4.69) is 20.8 Å². The van der Waals surface area contributed by atoms with Crippen LogP contribution in [-0.2, 0) is 28.6 Å². The van der Waals surface area contributed by atoms with Gasteiger partial charge in [-0.2, -0.15) is 0 Å². The molecule has 6 heteroatoms. The average Bonchev–Trinajstić information content (AvgIpc) is 3.02. The van der Waals surface area contributed by atoms with Gasteiger partial charge in [-0.25, -0.2) is 0 Å². The van der Waals surface area contributed by atoms with Gasteiger partial charge in [-0.15, -0.1) is 0 Å². The molecule has 0 saturated carbocycles. The molecule has 1 unspecified atom stereocenters. The van der Waals surface area contributed by atoms with Gasteiger partial charge in [-0.3, -0.25) is 14.4 Å². The molecule has 0 aromatic heterocycles. The molecule has 0 amide bonds. The lowest BCUT2D eigenvalue weighted by Crippen LogP contribution is -2.30. The van der Waals surface area contributed by atoms with E-state index in [4.69, 9.17) is 14.2 Å². The van der Waals surface area contributed by atoms with Crippen molar-refractivity contribution < 1.29 is 28.6 Å². The van der Waals surface area contributed by atoms with Gasteiger partial charge in [-0.1, -0.05) is 168 Å². The van der Waals surface area contributed by atoms with Crippen molar-refractivity contribution in [2.45, 2.75) is 213 Å². The number of unbranched alkanes of at least 4 members (excludes halogenated alkanes) is 23. The summed E-state index contributed by atoms with van der Waals surface area (Å²) in [6.45, 7) is 6.54. The average molecular weight is 625 g/mol. The minimum Gasteiger partial charge on any atom is -0.462 e. The lowest BCUT2D eigenvalue weighted by Gasteiger charge is -2.18. The fourth-order valence-corrected chi connectivity index (χ4v) is 5.44. The normalized spacial score (nSPS) is 11.8. The highest BCUT2D eigenvalue weighted by Crippen LogP contribution is 2.14. The smallest absolute Gasteiger partial charge is 0.306 e. The lowest BCUT2D eigenvalue weighted by atomic mass is 10.1. The van der Waals surface area contributed by atoms with Gasteiger partial charge in [0.25, 0.3) is 0 Å². The maximum atomic E-state index is 12.5. The van der Waals surface area contributed by atoms with E-state index in [0.717, 1.165) is 57.8 Å². The number of hydrogen-bond donors (Lipinski definition) is 0. The molecule has 0 aliphatic heterocycles. The summed E-state index contributed by atoms with van der Waals surface area (Å²) >= 11 is 0. The highest BCUT2D eigenvalue weighted by atomic mass is 16.6. The molecule has 0 aromatic carbocycles. The van der Waals surface area contributed by atoms with Gasteiger partial charge in [0.05, 0.1) is 0 Å². The van der Waals surface area contributed by atoms with Crippen molar-refractivity contribution in [1.29, 1.82) is 0 Å². The molecule has 44 heavy (non-hydrogen) atoms. The van der Waals surface area contributed by atoms with Crippen LogP contribution in [0.25, 0.3) is 0 Å². The maximum absolute atomic E-state index is 12.5. The quantitative estimate of drug-likeness (QED) is 0.0402. The zero-order chi connectivity index (χ0) is 32.4. The number of hydrogen-bond acceptors (Lipinski definition) is 6. The van der Waals surface area contributed by atoms with Crippen molar-refractivity contribution >= 4 is 17.9 Å². The van der Waals surface area contributed by atoms with Crippen molar-refractivity contribution in [2.75, 3.05) is 13.2 Å². The molecule has 0 radical (unpaired) electrons. The molecule has 260 valence electrons. The van der Waals surface area contributed by atoms with Crippen LogP contribution in [0, 0.1) is 0 Å². The van der Waals surface area contributed by atoms with Crippen LogP contribution in [0.5, 0.6) is 0 Å². The van der Waals surface area contributed by atoms with Crippen LogP contribution in [0.2, 0.25) is 0 Å². The van der Waals surface area contributed by atoms with E-state index in [0.29, 0.717) is 19.3 Å². The van der Waals surface area contributed by atoms with E-state index in [1.165, 1.54) is 109 Å². The Kier molecular flexibility index (Phi) is 33.0. The Hall–Kier alpha value is -1.59. The maximum Gasteiger partial charge on any atom is 0.306 e. The van der Waals surface area contributed by atoms with E-state index >= 15 is 0 Å². The standard InChI is InChI=1S/C38H72O6/c1-4-7-10-13-16-18-19-21-22-25-28-31-37(40)43-34-35(33-42-36(39)30-27-24-15-12-9-6-3)44-38(41)32-29-26-23-20-17-14-11-8-5-2/h35H,4-34H2,1-3H3. The summed E-state index contributed by atoms with van der Waals surface area (Å²) in [4.78, 5) is 37.2. The van der Waals surface area contributed by atoms with E-state index in [9.17, 15) is 14.4 Å². The Bertz CT molecular complexity index is 649. The highest BCUT2D eigenvalue weighted by Gasteiger charge is 2.19. The molecule has 0 fully saturated rings. The summed E-state index contributed by atoms with van der Waals surface area (Å²) in [5.41, 5.74) is 0. The minimum atomic E-state index is -0.754. The molecule has 0 aliphatic rings. The summed E-state index contributed by atoms with van der Waals surface area (Å²) < 4.78 is 16.5. The number of esters is 3. The van der Waals surface area contributed by atoms with Crippen LogP contribution in [0.3, 0.4) is 0 Å². The Balaban J connectivity index is 4.30. The van der Waals surface area contributed by atoms with Gasteiger partial charge in [0, 0.05) is 19.3 Å². The molecule has 0 saturated heterocycles. The fraction of sp³-hybridized carbons (Fsp3) is 0.921. The van der Waals surface area contributed by atoms with Crippen molar-refractivity contribution in [3.05, 3.63) is 0 Å². The van der Waals surface area contributed by atoms with Crippen molar-refractivity contribution in [3.8, 4) is 0 Å². The molecule has 0 N–H and O–H groups in total. The minimum absolute atomic E-state index is 0.0648. The topological polar surface area (TPSA) is 78.9 Å². The number of rotatable bonds is 34. The zero-order valence-electron chi connectivity index (χ0n) is 29.4. The van der Waals surface area contributed by atoms with Gasteiger partial charge in [0.2, 0.25) is 0 Å². The monoisotopic (exact) mass is 625 g/mol. The highest BCUT2D eigenvalue weighted by molar-refractivity contribution is 5.71. The van der Waals surface area contributed by atoms with Gasteiger partial charge in [0.1, 0.15) is 13.2 Å². The van der Waals surface area contributed by atoms with Gasteiger partial charge in [-0.05, 0) is 19.3 Å². The second-order valence-electron chi connectivity index (χ2n) is 12.9. The first-order valence-electron chi connectivity index (χ1n) is 19.0. The molecule has 0 aromatic rings. The third-order valence-electron chi connectivity index (χ3n) is 8.36. The molecule has 0 bridgehead atoms. The Morgan fingerprint density at radius 3 is 0.909 bits per heavy atom. The lowest BCUT2D eigenvalue weighted by molar-refractivity contribution is -0.167.